The third-order valence-electron chi connectivity index (χ3n) is 5.14. The maximum Gasteiger partial charge on any atom is 0.255 e. The zero-order valence-corrected chi connectivity index (χ0v) is 20.2. The molecule has 0 unspecified atom stereocenters. The van der Waals surface area contributed by atoms with E-state index in [-0.39, 0.29) is 11.4 Å². The smallest absolute Gasteiger partial charge is 0.255 e. The predicted octanol–water partition coefficient (Wildman–Crippen LogP) is 4.20. The molecular weight excluding hydrogens is 478 g/mol. The molecule has 4 rings (SSSR count). The standard InChI is InChI=1S/C27H25N3O5S/c31-27(20-30(19-25-10-7-17-34-25)36(32,33)26-11-5-2-6-12-26)29-28-18-22-13-15-24(16-14-22)35-21-23-8-3-1-4-9-23/h1-18H,19-21H2,(H,29,31)/b28-18+. The van der Waals surface area contributed by atoms with Crippen LogP contribution in [0.4, 0.5) is 0 Å². The Morgan fingerprint density at radius 1 is 0.917 bits per heavy atom. The third kappa shape index (κ3) is 6.91. The number of sulfonamides is 1. The first-order valence-electron chi connectivity index (χ1n) is 11.2. The van der Waals surface area contributed by atoms with Crippen LogP contribution in [0.1, 0.15) is 16.9 Å². The lowest BCUT2D eigenvalue weighted by Gasteiger charge is -2.20. The predicted molar refractivity (Wildman–Crippen MR) is 136 cm³/mol. The number of furan rings is 1. The molecule has 1 N–H and O–H groups in total. The van der Waals surface area contributed by atoms with Crippen molar-refractivity contribution in [1.82, 2.24) is 9.73 Å². The van der Waals surface area contributed by atoms with Crippen molar-refractivity contribution in [2.24, 2.45) is 5.10 Å². The summed E-state index contributed by atoms with van der Waals surface area (Å²) in [6.45, 7) is -0.0575. The van der Waals surface area contributed by atoms with Crippen LogP contribution in [-0.4, -0.2) is 31.4 Å². The quantitative estimate of drug-likeness (QED) is 0.244. The molecule has 0 aliphatic rings. The van der Waals surface area contributed by atoms with Crippen LogP contribution in [0.2, 0.25) is 0 Å². The van der Waals surface area contributed by atoms with Crippen LogP contribution in [0.25, 0.3) is 0 Å². The molecule has 8 nitrogen and oxygen atoms in total. The van der Waals surface area contributed by atoms with E-state index < -0.39 is 22.5 Å². The number of nitrogens with zero attached hydrogens (tertiary/aromatic N) is 2. The van der Waals surface area contributed by atoms with Gasteiger partial charge in [-0.1, -0.05) is 48.5 Å². The second-order valence-electron chi connectivity index (χ2n) is 7.80. The average molecular weight is 504 g/mol. The molecule has 4 aromatic rings. The average Bonchev–Trinajstić information content (AvgIpc) is 3.42. The molecule has 0 fully saturated rings. The van der Waals surface area contributed by atoms with E-state index in [0.29, 0.717) is 18.1 Å². The lowest BCUT2D eigenvalue weighted by molar-refractivity contribution is -0.121. The van der Waals surface area contributed by atoms with Gasteiger partial charge in [-0.2, -0.15) is 9.41 Å². The lowest BCUT2D eigenvalue weighted by atomic mass is 10.2. The van der Waals surface area contributed by atoms with Crippen molar-refractivity contribution < 1.29 is 22.4 Å². The summed E-state index contributed by atoms with van der Waals surface area (Å²) in [5.74, 6) is 0.542. The zero-order valence-electron chi connectivity index (χ0n) is 19.4. The zero-order chi connectivity index (χ0) is 25.2. The Morgan fingerprint density at radius 2 is 1.61 bits per heavy atom. The van der Waals surface area contributed by atoms with Crippen LogP contribution in [0.5, 0.6) is 5.75 Å². The number of hydrogen-bond donors (Lipinski definition) is 1. The van der Waals surface area contributed by atoms with Gasteiger partial charge in [0.2, 0.25) is 10.0 Å². The van der Waals surface area contributed by atoms with Gasteiger partial charge >= 0.3 is 0 Å². The minimum Gasteiger partial charge on any atom is -0.489 e. The summed E-state index contributed by atoms with van der Waals surface area (Å²) in [6.07, 6.45) is 2.92. The number of hydrazone groups is 1. The highest BCUT2D eigenvalue weighted by Gasteiger charge is 2.27. The maximum absolute atomic E-state index is 13.1. The molecule has 0 aliphatic carbocycles. The van der Waals surface area contributed by atoms with Gasteiger partial charge in [0.25, 0.3) is 5.91 Å². The van der Waals surface area contributed by atoms with Gasteiger partial charge in [0.05, 0.1) is 30.5 Å². The molecular formula is C27H25N3O5S. The fourth-order valence-corrected chi connectivity index (χ4v) is 4.69. The van der Waals surface area contributed by atoms with E-state index in [1.165, 1.54) is 24.6 Å². The number of rotatable bonds is 11. The number of benzene rings is 3. The second kappa shape index (κ2) is 12.0. The van der Waals surface area contributed by atoms with Gasteiger partial charge in [0, 0.05) is 0 Å². The minimum atomic E-state index is -3.93. The van der Waals surface area contributed by atoms with E-state index in [0.717, 1.165) is 15.4 Å². The molecule has 36 heavy (non-hydrogen) atoms. The number of hydrogen-bond acceptors (Lipinski definition) is 6. The maximum atomic E-state index is 13.1. The molecule has 9 heteroatoms. The van der Waals surface area contributed by atoms with Crippen LogP contribution in [-0.2, 0) is 28.0 Å². The van der Waals surface area contributed by atoms with Crippen molar-refractivity contribution in [3.8, 4) is 5.75 Å². The van der Waals surface area contributed by atoms with Crippen molar-refractivity contribution in [2.45, 2.75) is 18.0 Å². The van der Waals surface area contributed by atoms with Crippen LogP contribution >= 0.6 is 0 Å². The number of carbonyl (C=O) groups excluding carboxylic acids is 1. The number of nitrogens with one attached hydrogen (secondary N) is 1. The fourth-order valence-electron chi connectivity index (χ4n) is 3.31. The first-order chi connectivity index (χ1) is 17.5. The summed E-state index contributed by atoms with van der Waals surface area (Å²) in [4.78, 5) is 12.6. The van der Waals surface area contributed by atoms with Gasteiger partial charge in [0.15, 0.2) is 0 Å². The van der Waals surface area contributed by atoms with Crippen molar-refractivity contribution in [3.63, 3.8) is 0 Å². The van der Waals surface area contributed by atoms with E-state index in [1.807, 2.05) is 42.5 Å². The summed E-state index contributed by atoms with van der Waals surface area (Å²) >= 11 is 0. The fraction of sp³-hybridized carbons (Fsp3) is 0.111. The van der Waals surface area contributed by atoms with E-state index in [9.17, 15) is 13.2 Å². The largest absolute Gasteiger partial charge is 0.489 e. The van der Waals surface area contributed by atoms with Gasteiger partial charge in [0.1, 0.15) is 18.1 Å². The van der Waals surface area contributed by atoms with Gasteiger partial charge < -0.3 is 9.15 Å². The number of carbonyl (C=O) groups is 1. The number of amides is 1. The summed E-state index contributed by atoms with van der Waals surface area (Å²) in [7, 11) is -3.93. The summed E-state index contributed by atoms with van der Waals surface area (Å²) in [6, 6.07) is 28.3. The minimum absolute atomic E-state index is 0.0856. The molecule has 1 heterocycles. The molecule has 0 saturated carbocycles. The van der Waals surface area contributed by atoms with E-state index in [1.54, 1.807) is 42.5 Å². The van der Waals surface area contributed by atoms with Crippen LogP contribution < -0.4 is 10.2 Å². The van der Waals surface area contributed by atoms with Crippen molar-refractivity contribution in [2.75, 3.05) is 6.54 Å². The van der Waals surface area contributed by atoms with Gasteiger partial charge in [-0.25, -0.2) is 13.8 Å². The van der Waals surface area contributed by atoms with E-state index in [4.69, 9.17) is 9.15 Å². The molecule has 184 valence electrons. The third-order valence-corrected chi connectivity index (χ3v) is 6.95. The lowest BCUT2D eigenvalue weighted by Crippen LogP contribution is -2.38. The Hall–Kier alpha value is -4.21. The molecule has 0 saturated heterocycles. The van der Waals surface area contributed by atoms with E-state index >= 15 is 0 Å². The van der Waals surface area contributed by atoms with Gasteiger partial charge in [-0.05, 0) is 59.7 Å². The Kier molecular flexibility index (Phi) is 8.28. The number of ether oxygens (including phenoxy) is 1. The normalized spacial score (nSPS) is 11.6. The second-order valence-corrected chi connectivity index (χ2v) is 9.74. The van der Waals surface area contributed by atoms with Gasteiger partial charge in [-0.3, -0.25) is 4.79 Å². The van der Waals surface area contributed by atoms with Crippen LogP contribution in [0.15, 0.2) is 118 Å². The molecule has 3 aromatic carbocycles. The Bertz CT molecular complexity index is 1370. The summed E-state index contributed by atoms with van der Waals surface area (Å²) in [5.41, 5.74) is 4.20. The highest BCUT2D eigenvalue weighted by atomic mass is 32.2. The molecule has 0 radical (unpaired) electrons. The summed E-state index contributed by atoms with van der Waals surface area (Å²) < 4.78 is 38.3. The van der Waals surface area contributed by atoms with Crippen molar-refractivity contribution >= 4 is 22.1 Å². The van der Waals surface area contributed by atoms with E-state index in [2.05, 4.69) is 10.5 Å². The van der Waals surface area contributed by atoms with Crippen LogP contribution in [0.3, 0.4) is 0 Å². The SMILES string of the molecule is O=C(CN(Cc1ccco1)S(=O)(=O)c1ccccc1)N/N=C/c1ccc(OCc2ccccc2)cc1. The molecule has 0 atom stereocenters. The Morgan fingerprint density at radius 3 is 2.28 bits per heavy atom. The Balaban J connectivity index is 1.35. The highest BCUT2D eigenvalue weighted by Crippen LogP contribution is 2.18. The van der Waals surface area contributed by atoms with Crippen LogP contribution in [0, 0.1) is 0 Å². The first-order valence-corrected chi connectivity index (χ1v) is 12.6. The Labute approximate surface area is 209 Å². The molecule has 1 aromatic heterocycles. The van der Waals surface area contributed by atoms with Gasteiger partial charge in [-0.15, -0.1) is 0 Å². The molecule has 1 amide bonds. The first kappa shape index (κ1) is 24.9. The molecule has 0 spiro atoms. The topological polar surface area (TPSA) is 101 Å². The van der Waals surface area contributed by atoms with Crippen molar-refractivity contribution in [3.05, 3.63) is 120 Å². The monoisotopic (exact) mass is 503 g/mol. The molecule has 0 aliphatic heterocycles. The molecule has 0 bridgehead atoms. The highest BCUT2D eigenvalue weighted by molar-refractivity contribution is 7.89. The van der Waals surface area contributed by atoms with Crippen molar-refractivity contribution in [1.29, 1.82) is 0 Å². The summed E-state index contributed by atoms with van der Waals surface area (Å²) in [5, 5.41) is 3.96.